The van der Waals surface area contributed by atoms with Crippen LogP contribution in [-0.4, -0.2) is 56.4 Å². The highest BCUT2D eigenvalue weighted by atomic mass is 16.6. The van der Waals surface area contributed by atoms with Crippen LogP contribution in [0.2, 0.25) is 0 Å². The Kier molecular flexibility index (Phi) is 4.87. The molecule has 0 bridgehead atoms. The van der Waals surface area contributed by atoms with Gasteiger partial charge in [0.05, 0.1) is 26.2 Å². The van der Waals surface area contributed by atoms with Crippen molar-refractivity contribution in [2.45, 2.75) is 37.4 Å². The largest absolute Gasteiger partial charge is 0.497 e. The van der Waals surface area contributed by atoms with Gasteiger partial charge in [0.2, 0.25) is 5.91 Å². The van der Waals surface area contributed by atoms with E-state index in [2.05, 4.69) is 0 Å². The summed E-state index contributed by atoms with van der Waals surface area (Å²) in [6.07, 6.45) is 3.32. The Hall–Kier alpha value is -1.59. The fraction of sp³-hybridized carbons (Fsp3) is 0.611. The van der Waals surface area contributed by atoms with E-state index in [4.69, 9.17) is 14.2 Å². The summed E-state index contributed by atoms with van der Waals surface area (Å²) in [6.45, 7) is 2.12. The van der Waals surface area contributed by atoms with Gasteiger partial charge >= 0.3 is 0 Å². The maximum Gasteiger partial charge on any atom is 0.227 e. The first kappa shape index (κ1) is 16.3. The Morgan fingerprint density at radius 1 is 1.43 bits per heavy atom. The Bertz CT molecular complexity index is 554. The molecule has 23 heavy (non-hydrogen) atoms. The van der Waals surface area contributed by atoms with Gasteiger partial charge in [0.15, 0.2) is 0 Å². The van der Waals surface area contributed by atoms with Gasteiger partial charge in [0.25, 0.3) is 0 Å². The number of nitrogens with zero attached hydrogens (tertiary/aromatic N) is 1. The van der Waals surface area contributed by atoms with E-state index in [0.717, 1.165) is 43.7 Å². The average molecular weight is 319 g/mol. The van der Waals surface area contributed by atoms with E-state index < -0.39 is 0 Å². The fourth-order valence-electron chi connectivity index (χ4n) is 3.75. The summed E-state index contributed by atoms with van der Waals surface area (Å²) in [6, 6.07) is 7.69. The smallest absolute Gasteiger partial charge is 0.227 e. The predicted molar refractivity (Wildman–Crippen MR) is 86.6 cm³/mol. The molecule has 2 saturated heterocycles. The van der Waals surface area contributed by atoms with Crippen molar-refractivity contribution in [1.29, 1.82) is 0 Å². The third-order valence-electron chi connectivity index (χ3n) is 4.97. The van der Waals surface area contributed by atoms with E-state index in [-0.39, 0.29) is 17.6 Å². The minimum Gasteiger partial charge on any atom is -0.497 e. The summed E-state index contributed by atoms with van der Waals surface area (Å²) in [5.41, 5.74) is 0.668. The van der Waals surface area contributed by atoms with E-state index in [1.165, 1.54) is 0 Å². The highest BCUT2D eigenvalue weighted by Crippen LogP contribution is 2.36. The first-order chi connectivity index (χ1) is 11.2. The van der Waals surface area contributed by atoms with Gasteiger partial charge in [-0.15, -0.1) is 0 Å². The van der Waals surface area contributed by atoms with Gasteiger partial charge in [-0.05, 0) is 37.0 Å². The summed E-state index contributed by atoms with van der Waals surface area (Å²) in [7, 11) is 3.37. The van der Waals surface area contributed by atoms with E-state index in [1.807, 2.05) is 29.2 Å². The number of hydrogen-bond acceptors (Lipinski definition) is 4. The Labute approximate surface area is 137 Å². The van der Waals surface area contributed by atoms with Crippen molar-refractivity contribution >= 4 is 5.91 Å². The molecule has 1 spiro atoms. The normalized spacial score (nSPS) is 27.4. The number of likely N-dealkylation sites (tertiary alicyclic amines) is 1. The third kappa shape index (κ3) is 3.35. The standard InChI is InChI=1S/C18H25NO4/c1-21-15-6-3-5-14(11-15)12-17(20)19-9-7-16(22-2)18(13-19)8-4-10-23-18/h3,5-6,11,16H,4,7-10,12-13H2,1-2H3/t16-,18-/m0/s1. The first-order valence-corrected chi connectivity index (χ1v) is 8.24. The van der Waals surface area contributed by atoms with Crippen molar-refractivity contribution in [2.24, 2.45) is 0 Å². The molecule has 1 aromatic rings. The maximum atomic E-state index is 12.7. The van der Waals surface area contributed by atoms with Gasteiger partial charge in [0, 0.05) is 20.3 Å². The number of benzene rings is 1. The van der Waals surface area contributed by atoms with Crippen LogP contribution in [0.1, 0.15) is 24.8 Å². The summed E-state index contributed by atoms with van der Waals surface area (Å²) in [5, 5.41) is 0. The van der Waals surface area contributed by atoms with E-state index in [9.17, 15) is 4.79 Å². The summed E-state index contributed by atoms with van der Waals surface area (Å²) < 4.78 is 16.9. The van der Waals surface area contributed by atoms with Crippen LogP contribution >= 0.6 is 0 Å². The van der Waals surface area contributed by atoms with Gasteiger partial charge < -0.3 is 19.1 Å². The van der Waals surface area contributed by atoms with Crippen molar-refractivity contribution in [1.82, 2.24) is 4.90 Å². The van der Waals surface area contributed by atoms with Gasteiger partial charge in [-0.3, -0.25) is 4.79 Å². The Morgan fingerprint density at radius 2 is 2.30 bits per heavy atom. The number of carbonyl (C=O) groups excluding carboxylic acids is 1. The van der Waals surface area contributed by atoms with E-state index >= 15 is 0 Å². The second-order valence-corrected chi connectivity index (χ2v) is 6.37. The van der Waals surface area contributed by atoms with Crippen LogP contribution in [0.25, 0.3) is 0 Å². The molecule has 3 rings (SSSR count). The molecule has 2 fully saturated rings. The lowest BCUT2D eigenvalue weighted by Crippen LogP contribution is -2.58. The van der Waals surface area contributed by atoms with Crippen molar-refractivity contribution in [3.8, 4) is 5.75 Å². The Balaban J connectivity index is 1.68. The number of hydrogen-bond donors (Lipinski definition) is 0. The highest BCUT2D eigenvalue weighted by molar-refractivity contribution is 5.79. The summed E-state index contributed by atoms with van der Waals surface area (Å²) in [5.74, 6) is 0.923. The molecule has 0 N–H and O–H groups in total. The summed E-state index contributed by atoms with van der Waals surface area (Å²) in [4.78, 5) is 14.6. The molecule has 1 amide bonds. The molecule has 1 aromatic carbocycles. The molecular formula is C18H25NO4. The van der Waals surface area contributed by atoms with Crippen molar-refractivity contribution < 1.29 is 19.0 Å². The topological polar surface area (TPSA) is 48.0 Å². The molecule has 0 unspecified atom stereocenters. The van der Waals surface area contributed by atoms with Gasteiger partial charge in [0.1, 0.15) is 11.4 Å². The molecule has 2 aliphatic heterocycles. The number of piperidine rings is 1. The zero-order valence-electron chi connectivity index (χ0n) is 13.9. The van der Waals surface area contributed by atoms with Gasteiger partial charge in [-0.2, -0.15) is 0 Å². The van der Waals surface area contributed by atoms with Crippen LogP contribution in [0, 0.1) is 0 Å². The number of ether oxygens (including phenoxy) is 3. The quantitative estimate of drug-likeness (QED) is 0.852. The lowest BCUT2D eigenvalue weighted by Gasteiger charge is -2.44. The molecule has 2 atom stereocenters. The molecule has 0 aliphatic carbocycles. The number of carbonyl (C=O) groups is 1. The zero-order valence-corrected chi connectivity index (χ0v) is 13.9. The number of methoxy groups -OCH3 is 2. The minimum absolute atomic E-state index is 0.0888. The molecule has 5 heteroatoms. The fourth-order valence-corrected chi connectivity index (χ4v) is 3.75. The molecule has 126 valence electrons. The molecule has 0 radical (unpaired) electrons. The molecule has 0 saturated carbocycles. The molecule has 2 aliphatic rings. The van der Waals surface area contributed by atoms with Crippen molar-refractivity contribution in [3.63, 3.8) is 0 Å². The first-order valence-electron chi connectivity index (χ1n) is 8.24. The number of amides is 1. The highest BCUT2D eigenvalue weighted by Gasteiger charge is 2.48. The molecular weight excluding hydrogens is 294 g/mol. The second kappa shape index (κ2) is 6.89. The van der Waals surface area contributed by atoms with Crippen molar-refractivity contribution in [2.75, 3.05) is 33.9 Å². The third-order valence-corrected chi connectivity index (χ3v) is 4.97. The maximum absolute atomic E-state index is 12.7. The average Bonchev–Trinajstić information content (AvgIpc) is 3.03. The number of rotatable bonds is 4. The monoisotopic (exact) mass is 319 g/mol. The van der Waals surface area contributed by atoms with E-state index in [1.54, 1.807) is 14.2 Å². The zero-order chi connectivity index (χ0) is 16.3. The molecule has 5 nitrogen and oxygen atoms in total. The molecule has 0 aromatic heterocycles. The lowest BCUT2D eigenvalue weighted by atomic mass is 9.86. The SMILES string of the molecule is COc1cccc(CC(=O)N2CC[C@H](OC)[C@]3(CCCO3)C2)c1. The van der Waals surface area contributed by atoms with Gasteiger partial charge in [-0.1, -0.05) is 12.1 Å². The van der Waals surface area contributed by atoms with Crippen LogP contribution in [0.5, 0.6) is 5.75 Å². The van der Waals surface area contributed by atoms with Crippen LogP contribution in [0.4, 0.5) is 0 Å². The van der Waals surface area contributed by atoms with Crippen LogP contribution in [-0.2, 0) is 20.7 Å². The molecule has 2 heterocycles. The lowest BCUT2D eigenvalue weighted by molar-refractivity contribution is -0.160. The summed E-state index contributed by atoms with van der Waals surface area (Å²) >= 11 is 0. The minimum atomic E-state index is -0.308. The van der Waals surface area contributed by atoms with Crippen LogP contribution in [0.15, 0.2) is 24.3 Å². The van der Waals surface area contributed by atoms with Crippen LogP contribution in [0.3, 0.4) is 0 Å². The second-order valence-electron chi connectivity index (χ2n) is 6.37. The van der Waals surface area contributed by atoms with Crippen LogP contribution < -0.4 is 4.74 Å². The van der Waals surface area contributed by atoms with Gasteiger partial charge in [-0.25, -0.2) is 0 Å². The Morgan fingerprint density at radius 3 is 3.00 bits per heavy atom. The predicted octanol–water partition coefficient (Wildman–Crippen LogP) is 2.03. The van der Waals surface area contributed by atoms with Crippen molar-refractivity contribution in [3.05, 3.63) is 29.8 Å². The van der Waals surface area contributed by atoms with E-state index in [0.29, 0.717) is 13.0 Å².